The molecular weight excluding hydrogens is 322 g/mol. The Balaban J connectivity index is 2.16. The van der Waals surface area contributed by atoms with Crippen molar-refractivity contribution in [3.05, 3.63) is 57.3 Å². The number of carboxylic acids is 1. The Labute approximate surface area is 145 Å². The largest absolute Gasteiger partial charge is 0.481 e. The summed E-state index contributed by atoms with van der Waals surface area (Å²) in [6.45, 7) is 4.65. The number of unbranched alkanes of at least 4 members (excludes halogenated alkanes) is 1. The number of carbonyl (C=O) groups excluding carboxylic acids is 1. The molecule has 0 saturated carbocycles. The highest BCUT2D eigenvalue weighted by atomic mass is 32.1. The molecule has 1 aliphatic heterocycles. The SMILES string of the molecule is CCCCN1C(=O)c2ccccc2C(C(=O)O)C1c1ccc(C)s1. The van der Waals surface area contributed by atoms with Crippen molar-refractivity contribution in [2.24, 2.45) is 0 Å². The molecule has 1 amide bonds. The van der Waals surface area contributed by atoms with Gasteiger partial charge in [0.05, 0.1) is 6.04 Å². The highest BCUT2D eigenvalue weighted by molar-refractivity contribution is 7.12. The van der Waals surface area contributed by atoms with Crippen molar-refractivity contribution in [3.8, 4) is 0 Å². The van der Waals surface area contributed by atoms with Crippen molar-refractivity contribution in [2.75, 3.05) is 6.54 Å². The molecule has 2 atom stereocenters. The van der Waals surface area contributed by atoms with E-state index in [1.807, 2.05) is 19.1 Å². The van der Waals surface area contributed by atoms with Crippen LogP contribution < -0.4 is 0 Å². The van der Waals surface area contributed by atoms with Crippen LogP contribution in [0.3, 0.4) is 0 Å². The van der Waals surface area contributed by atoms with Gasteiger partial charge in [0.25, 0.3) is 5.91 Å². The van der Waals surface area contributed by atoms with Crippen molar-refractivity contribution < 1.29 is 14.7 Å². The third-order valence-corrected chi connectivity index (χ3v) is 5.58. The zero-order chi connectivity index (χ0) is 17.3. The number of carboxylic acid groups (broad SMARTS) is 1. The van der Waals surface area contributed by atoms with Gasteiger partial charge < -0.3 is 10.0 Å². The first kappa shape index (κ1) is 16.7. The fraction of sp³-hybridized carbons (Fsp3) is 0.368. The van der Waals surface area contributed by atoms with Gasteiger partial charge in [0.2, 0.25) is 0 Å². The van der Waals surface area contributed by atoms with Crippen molar-refractivity contribution in [1.82, 2.24) is 4.90 Å². The van der Waals surface area contributed by atoms with Crippen LogP contribution in [0, 0.1) is 6.92 Å². The van der Waals surface area contributed by atoms with Gasteiger partial charge in [-0.15, -0.1) is 11.3 Å². The Morgan fingerprint density at radius 2 is 2.00 bits per heavy atom. The molecule has 3 rings (SSSR count). The molecule has 1 aromatic carbocycles. The summed E-state index contributed by atoms with van der Waals surface area (Å²) < 4.78 is 0. The van der Waals surface area contributed by atoms with E-state index >= 15 is 0 Å². The number of nitrogens with zero attached hydrogens (tertiary/aromatic N) is 1. The number of hydrogen-bond donors (Lipinski definition) is 1. The number of carbonyl (C=O) groups is 2. The minimum atomic E-state index is -0.882. The van der Waals surface area contributed by atoms with Crippen molar-refractivity contribution in [2.45, 2.75) is 38.6 Å². The van der Waals surface area contributed by atoms with Gasteiger partial charge >= 0.3 is 5.97 Å². The minimum absolute atomic E-state index is 0.0624. The lowest BCUT2D eigenvalue weighted by Gasteiger charge is -2.40. The first-order valence-corrected chi connectivity index (χ1v) is 9.05. The van der Waals surface area contributed by atoms with Crippen molar-refractivity contribution in [1.29, 1.82) is 0 Å². The van der Waals surface area contributed by atoms with Gasteiger partial charge in [-0.05, 0) is 37.1 Å². The molecule has 4 nitrogen and oxygen atoms in total. The average Bonchev–Trinajstić information content (AvgIpc) is 2.99. The van der Waals surface area contributed by atoms with E-state index in [1.165, 1.54) is 0 Å². The smallest absolute Gasteiger partial charge is 0.313 e. The molecule has 2 aromatic rings. The second kappa shape index (κ2) is 6.77. The number of fused-ring (bicyclic) bond motifs is 1. The fourth-order valence-corrected chi connectivity index (χ4v) is 4.39. The maximum atomic E-state index is 13.0. The zero-order valence-corrected chi connectivity index (χ0v) is 14.7. The second-order valence-electron chi connectivity index (χ2n) is 6.15. The third kappa shape index (κ3) is 2.84. The molecule has 0 saturated heterocycles. The summed E-state index contributed by atoms with van der Waals surface area (Å²) >= 11 is 1.57. The first-order chi connectivity index (χ1) is 11.5. The van der Waals surface area contributed by atoms with Gasteiger partial charge in [0, 0.05) is 21.9 Å². The number of amides is 1. The lowest BCUT2D eigenvalue weighted by atomic mass is 9.82. The minimum Gasteiger partial charge on any atom is -0.481 e. The lowest BCUT2D eigenvalue weighted by molar-refractivity contribution is -0.140. The molecule has 0 aliphatic carbocycles. The van der Waals surface area contributed by atoms with Gasteiger partial charge in [0.15, 0.2) is 0 Å². The Kier molecular flexibility index (Phi) is 4.71. The number of thiophene rings is 1. The summed E-state index contributed by atoms with van der Waals surface area (Å²) in [5, 5.41) is 9.92. The summed E-state index contributed by atoms with van der Waals surface area (Å²) in [4.78, 5) is 28.9. The Hall–Kier alpha value is -2.14. The number of benzene rings is 1. The van der Waals surface area contributed by atoms with Crippen LogP contribution in [0.15, 0.2) is 36.4 Å². The number of aryl methyl sites for hydroxylation is 1. The number of aliphatic carboxylic acids is 1. The third-order valence-electron chi connectivity index (χ3n) is 4.51. The predicted octanol–water partition coefficient (Wildman–Crippen LogP) is 4.22. The molecule has 0 radical (unpaired) electrons. The quantitative estimate of drug-likeness (QED) is 0.884. The van der Waals surface area contributed by atoms with E-state index in [0.717, 1.165) is 22.6 Å². The number of hydrogen-bond acceptors (Lipinski definition) is 3. The van der Waals surface area contributed by atoms with Crippen LogP contribution in [-0.4, -0.2) is 28.4 Å². The topological polar surface area (TPSA) is 57.6 Å². The molecule has 2 heterocycles. The average molecular weight is 343 g/mol. The second-order valence-corrected chi connectivity index (χ2v) is 7.47. The molecule has 2 unspecified atom stereocenters. The van der Waals surface area contributed by atoms with Gasteiger partial charge in [-0.1, -0.05) is 31.5 Å². The van der Waals surface area contributed by atoms with Crippen LogP contribution in [0.5, 0.6) is 0 Å². The Morgan fingerprint density at radius 1 is 1.25 bits per heavy atom. The first-order valence-electron chi connectivity index (χ1n) is 8.23. The predicted molar refractivity (Wildman–Crippen MR) is 94.6 cm³/mol. The van der Waals surface area contributed by atoms with Gasteiger partial charge in [-0.3, -0.25) is 9.59 Å². The summed E-state index contributed by atoms with van der Waals surface area (Å²) in [5.74, 6) is -1.67. The molecule has 24 heavy (non-hydrogen) atoms. The molecule has 126 valence electrons. The van der Waals surface area contributed by atoms with E-state index in [2.05, 4.69) is 6.92 Å². The highest BCUT2D eigenvalue weighted by Crippen LogP contribution is 2.44. The fourth-order valence-electron chi connectivity index (χ4n) is 3.36. The Bertz CT molecular complexity index is 767. The van der Waals surface area contributed by atoms with Crippen LogP contribution in [0.4, 0.5) is 0 Å². The monoisotopic (exact) mass is 343 g/mol. The van der Waals surface area contributed by atoms with E-state index in [-0.39, 0.29) is 5.91 Å². The normalized spacial score (nSPS) is 20.1. The molecule has 1 aromatic heterocycles. The van der Waals surface area contributed by atoms with Crippen LogP contribution in [-0.2, 0) is 4.79 Å². The van der Waals surface area contributed by atoms with Crippen LogP contribution in [0.25, 0.3) is 0 Å². The highest BCUT2D eigenvalue weighted by Gasteiger charge is 2.44. The van der Waals surface area contributed by atoms with E-state index < -0.39 is 17.9 Å². The van der Waals surface area contributed by atoms with Crippen molar-refractivity contribution >= 4 is 23.2 Å². The zero-order valence-electron chi connectivity index (χ0n) is 13.9. The maximum Gasteiger partial charge on any atom is 0.313 e. The van der Waals surface area contributed by atoms with Crippen LogP contribution >= 0.6 is 11.3 Å². The molecule has 1 aliphatic rings. The molecular formula is C19H21NO3S. The summed E-state index contributed by atoms with van der Waals surface area (Å²) in [6.07, 6.45) is 1.82. The van der Waals surface area contributed by atoms with E-state index in [0.29, 0.717) is 17.7 Å². The summed E-state index contributed by atoms with van der Waals surface area (Å²) in [5.41, 5.74) is 1.14. The van der Waals surface area contributed by atoms with E-state index in [9.17, 15) is 14.7 Å². The molecule has 0 fully saturated rings. The standard InChI is InChI=1S/C19H21NO3S/c1-3-4-11-20-17(15-10-9-12(2)24-15)16(19(22)23)13-7-5-6-8-14(13)18(20)21/h5-10,16-17H,3-4,11H2,1-2H3,(H,22,23). The van der Waals surface area contributed by atoms with Gasteiger partial charge in [-0.25, -0.2) is 0 Å². The van der Waals surface area contributed by atoms with Crippen molar-refractivity contribution in [3.63, 3.8) is 0 Å². The molecule has 0 bridgehead atoms. The molecule has 1 N–H and O–H groups in total. The lowest BCUT2D eigenvalue weighted by Crippen LogP contribution is -2.45. The Morgan fingerprint density at radius 3 is 2.62 bits per heavy atom. The summed E-state index contributed by atoms with van der Waals surface area (Å²) in [6, 6.07) is 10.6. The van der Waals surface area contributed by atoms with Gasteiger partial charge in [0.1, 0.15) is 5.92 Å². The molecule has 5 heteroatoms. The van der Waals surface area contributed by atoms with Crippen LogP contribution in [0.1, 0.15) is 57.4 Å². The number of rotatable bonds is 5. The maximum absolute atomic E-state index is 13.0. The van der Waals surface area contributed by atoms with Crippen LogP contribution in [0.2, 0.25) is 0 Å². The molecule has 0 spiro atoms. The summed E-state index contributed by atoms with van der Waals surface area (Å²) in [7, 11) is 0. The van der Waals surface area contributed by atoms with E-state index in [4.69, 9.17) is 0 Å². The van der Waals surface area contributed by atoms with Gasteiger partial charge in [-0.2, -0.15) is 0 Å². The van der Waals surface area contributed by atoms with E-state index in [1.54, 1.807) is 40.5 Å².